The van der Waals surface area contributed by atoms with E-state index in [1.165, 1.54) is 27.7 Å². The van der Waals surface area contributed by atoms with Gasteiger partial charge in [0.2, 0.25) is 15.9 Å². The molecule has 0 spiro atoms. The fourth-order valence-electron chi connectivity index (χ4n) is 4.54. The summed E-state index contributed by atoms with van der Waals surface area (Å²) < 4.78 is 27.4. The molecule has 1 N–H and O–H groups in total. The van der Waals surface area contributed by atoms with E-state index in [0.29, 0.717) is 19.4 Å². The third kappa shape index (κ3) is 4.62. The van der Waals surface area contributed by atoms with Gasteiger partial charge in [-0.25, -0.2) is 8.42 Å². The summed E-state index contributed by atoms with van der Waals surface area (Å²) in [5, 5.41) is 3.29. The molecule has 2 aliphatic heterocycles. The lowest BCUT2D eigenvalue weighted by Crippen LogP contribution is -2.46. The van der Waals surface area contributed by atoms with E-state index in [4.69, 9.17) is 23.2 Å². The summed E-state index contributed by atoms with van der Waals surface area (Å²) in [6.07, 6.45) is 1.96. The Hall–Kier alpha value is -1.80. The Bertz CT molecular complexity index is 1080. The maximum atomic E-state index is 13.0. The number of sulfonamides is 1. The normalized spacial score (nSPS) is 18.4. The number of carbonyl (C=O) groups is 1. The van der Waals surface area contributed by atoms with Crippen LogP contribution in [0.1, 0.15) is 25.3 Å². The molecule has 0 saturated carbocycles. The van der Waals surface area contributed by atoms with Gasteiger partial charge in [0.15, 0.2) is 0 Å². The van der Waals surface area contributed by atoms with Crippen molar-refractivity contribution in [3.63, 3.8) is 0 Å². The van der Waals surface area contributed by atoms with Gasteiger partial charge in [0.05, 0.1) is 10.0 Å². The molecule has 0 radical (unpaired) electrons. The molecule has 1 unspecified atom stereocenters. The van der Waals surface area contributed by atoms with Crippen molar-refractivity contribution >= 4 is 44.8 Å². The number of benzene rings is 2. The summed E-state index contributed by atoms with van der Waals surface area (Å²) in [5.41, 5.74) is 2.59. The predicted octanol–water partition coefficient (Wildman–Crippen LogP) is 3.96. The number of nitrogens with zero attached hydrogens (tertiary/aromatic N) is 2. The van der Waals surface area contributed by atoms with Crippen LogP contribution in [0.15, 0.2) is 47.4 Å². The maximum absolute atomic E-state index is 13.0. The van der Waals surface area contributed by atoms with Crippen molar-refractivity contribution in [1.29, 1.82) is 0 Å². The van der Waals surface area contributed by atoms with Crippen LogP contribution in [0.2, 0.25) is 10.0 Å². The predicted molar refractivity (Wildman–Crippen MR) is 128 cm³/mol. The maximum Gasteiger partial charge on any atom is 0.246 e. The van der Waals surface area contributed by atoms with Crippen molar-refractivity contribution in [3.05, 3.63) is 58.1 Å². The van der Waals surface area contributed by atoms with Crippen LogP contribution in [0.5, 0.6) is 0 Å². The fourth-order valence-corrected chi connectivity index (χ4v) is 7.10. The summed E-state index contributed by atoms with van der Waals surface area (Å²) in [6, 6.07) is 13.2. The van der Waals surface area contributed by atoms with Gasteiger partial charge in [-0.1, -0.05) is 47.5 Å². The van der Waals surface area contributed by atoms with Gasteiger partial charge in [0.1, 0.15) is 4.90 Å². The molecule has 1 fully saturated rings. The highest BCUT2D eigenvalue weighted by atomic mass is 35.5. The van der Waals surface area contributed by atoms with E-state index >= 15 is 0 Å². The minimum Gasteiger partial charge on any atom is -0.366 e. The molecule has 1 atom stereocenters. The number of anilines is 1. The van der Waals surface area contributed by atoms with E-state index in [1.807, 2.05) is 6.07 Å². The van der Waals surface area contributed by atoms with Crippen LogP contribution in [-0.2, 0) is 21.2 Å². The summed E-state index contributed by atoms with van der Waals surface area (Å²) in [5.74, 6) is -0.224. The van der Waals surface area contributed by atoms with E-state index in [-0.39, 0.29) is 45.9 Å². The van der Waals surface area contributed by atoms with Gasteiger partial charge >= 0.3 is 0 Å². The second-order valence-electron chi connectivity index (χ2n) is 8.40. The van der Waals surface area contributed by atoms with Crippen LogP contribution < -0.4 is 10.2 Å². The number of carbonyl (C=O) groups excluding carboxylic acids is 1. The first-order valence-electron chi connectivity index (χ1n) is 10.9. The molecule has 1 saturated heterocycles. The molecule has 2 heterocycles. The Morgan fingerprint density at radius 3 is 2.41 bits per heavy atom. The quantitative estimate of drug-likeness (QED) is 0.658. The highest BCUT2D eigenvalue weighted by Crippen LogP contribution is 2.33. The van der Waals surface area contributed by atoms with Crippen molar-refractivity contribution in [1.82, 2.24) is 9.62 Å². The number of piperidine rings is 1. The Kier molecular flexibility index (Phi) is 7.00. The molecule has 2 aliphatic rings. The number of hydrogen-bond acceptors (Lipinski definition) is 4. The van der Waals surface area contributed by atoms with E-state index in [0.717, 1.165) is 13.0 Å². The monoisotopic (exact) mass is 495 g/mol. The smallest absolute Gasteiger partial charge is 0.246 e. The van der Waals surface area contributed by atoms with E-state index in [1.54, 1.807) is 6.07 Å². The SMILES string of the molecule is CC(CNC(=O)C1CCN(S(=O)(=O)c2c(Cl)cccc2Cl)CC1)N1CCc2ccccc21. The molecule has 0 bridgehead atoms. The average Bonchev–Trinajstić information content (AvgIpc) is 3.21. The lowest BCUT2D eigenvalue weighted by atomic mass is 9.97. The molecular weight excluding hydrogens is 469 g/mol. The van der Waals surface area contributed by atoms with Crippen molar-refractivity contribution in [3.8, 4) is 0 Å². The van der Waals surface area contributed by atoms with Crippen LogP contribution in [0.3, 0.4) is 0 Å². The van der Waals surface area contributed by atoms with Gasteiger partial charge < -0.3 is 10.2 Å². The van der Waals surface area contributed by atoms with E-state index in [2.05, 4.69) is 35.3 Å². The number of para-hydroxylation sites is 1. The number of nitrogens with one attached hydrogen (secondary N) is 1. The first kappa shape index (κ1) is 23.4. The summed E-state index contributed by atoms with van der Waals surface area (Å²) in [7, 11) is -3.81. The van der Waals surface area contributed by atoms with Crippen molar-refractivity contribution < 1.29 is 13.2 Å². The number of halogens is 2. The average molecular weight is 496 g/mol. The number of fused-ring (bicyclic) bond motifs is 1. The summed E-state index contributed by atoms with van der Waals surface area (Å²) >= 11 is 12.2. The van der Waals surface area contributed by atoms with Crippen LogP contribution in [0.4, 0.5) is 5.69 Å². The van der Waals surface area contributed by atoms with Crippen LogP contribution in [-0.4, -0.2) is 50.9 Å². The standard InChI is InChI=1S/C23H27Cl2N3O3S/c1-16(28-14-11-17-5-2-3-8-21(17)28)15-26-23(29)18-9-12-27(13-10-18)32(30,31)22-19(24)6-4-7-20(22)25/h2-8,16,18H,9-15H2,1H3,(H,26,29). The van der Waals surface area contributed by atoms with Gasteiger partial charge in [0, 0.05) is 43.8 Å². The van der Waals surface area contributed by atoms with Crippen molar-refractivity contribution in [2.24, 2.45) is 5.92 Å². The molecular formula is C23H27Cl2N3O3S. The minimum absolute atomic E-state index is 0.0165. The van der Waals surface area contributed by atoms with Gasteiger partial charge in [-0.3, -0.25) is 4.79 Å². The van der Waals surface area contributed by atoms with Crippen LogP contribution in [0, 0.1) is 5.92 Å². The third-order valence-electron chi connectivity index (χ3n) is 6.37. The zero-order valence-corrected chi connectivity index (χ0v) is 20.3. The largest absolute Gasteiger partial charge is 0.366 e. The van der Waals surface area contributed by atoms with Crippen molar-refractivity contribution in [2.75, 3.05) is 31.1 Å². The van der Waals surface area contributed by atoms with Gasteiger partial charge in [0.25, 0.3) is 0 Å². The second-order valence-corrected chi connectivity index (χ2v) is 11.1. The molecule has 1 amide bonds. The molecule has 0 aromatic heterocycles. The van der Waals surface area contributed by atoms with E-state index < -0.39 is 10.0 Å². The third-order valence-corrected chi connectivity index (χ3v) is 9.22. The Morgan fingerprint density at radius 2 is 1.72 bits per heavy atom. The summed E-state index contributed by atoms with van der Waals surface area (Å²) in [4.78, 5) is 15.0. The number of hydrogen-bond donors (Lipinski definition) is 1. The molecule has 2 aromatic carbocycles. The van der Waals surface area contributed by atoms with Gasteiger partial charge in [-0.2, -0.15) is 4.31 Å². The fraction of sp³-hybridized carbons (Fsp3) is 0.435. The molecule has 9 heteroatoms. The first-order chi connectivity index (χ1) is 15.3. The molecule has 32 heavy (non-hydrogen) atoms. The summed E-state index contributed by atoms with van der Waals surface area (Å²) in [6.45, 7) is 4.15. The molecule has 4 rings (SSSR count). The Morgan fingerprint density at radius 1 is 1.06 bits per heavy atom. The highest BCUT2D eigenvalue weighted by molar-refractivity contribution is 7.89. The van der Waals surface area contributed by atoms with E-state index in [9.17, 15) is 13.2 Å². The Labute approximate surface area is 199 Å². The molecule has 172 valence electrons. The van der Waals surface area contributed by atoms with Crippen LogP contribution >= 0.6 is 23.2 Å². The van der Waals surface area contributed by atoms with Crippen LogP contribution in [0.25, 0.3) is 0 Å². The zero-order valence-electron chi connectivity index (χ0n) is 17.9. The van der Waals surface area contributed by atoms with Gasteiger partial charge in [-0.15, -0.1) is 0 Å². The lowest BCUT2D eigenvalue weighted by Gasteiger charge is -2.32. The lowest BCUT2D eigenvalue weighted by molar-refractivity contribution is -0.126. The van der Waals surface area contributed by atoms with Crippen molar-refractivity contribution in [2.45, 2.75) is 37.1 Å². The number of amides is 1. The topological polar surface area (TPSA) is 69.7 Å². The number of rotatable bonds is 6. The molecule has 0 aliphatic carbocycles. The first-order valence-corrected chi connectivity index (χ1v) is 13.0. The minimum atomic E-state index is -3.81. The Balaban J connectivity index is 1.31. The second kappa shape index (κ2) is 9.59. The molecule has 6 nitrogen and oxygen atoms in total. The highest BCUT2D eigenvalue weighted by Gasteiger charge is 2.34. The van der Waals surface area contributed by atoms with Gasteiger partial charge in [-0.05, 0) is 49.9 Å². The molecule has 2 aromatic rings. The zero-order chi connectivity index (χ0) is 22.9.